The Morgan fingerprint density at radius 3 is 2.85 bits per heavy atom. The predicted molar refractivity (Wildman–Crippen MR) is 57.7 cm³/mol. The highest BCUT2D eigenvalue weighted by atomic mass is 15.2. The van der Waals surface area contributed by atoms with Gasteiger partial charge in [-0.15, -0.1) is 0 Å². The van der Waals surface area contributed by atoms with E-state index < -0.39 is 0 Å². The van der Waals surface area contributed by atoms with E-state index in [9.17, 15) is 0 Å². The lowest BCUT2D eigenvalue weighted by molar-refractivity contribution is 0.348. The van der Waals surface area contributed by atoms with Crippen molar-refractivity contribution in [1.29, 1.82) is 0 Å². The SMILES string of the molecule is C/C=C(/CN1CCC(C)C1)NCC. The number of nitrogens with zero attached hydrogens (tertiary/aromatic N) is 1. The van der Waals surface area contributed by atoms with Crippen molar-refractivity contribution in [1.82, 2.24) is 10.2 Å². The summed E-state index contributed by atoms with van der Waals surface area (Å²) in [5.74, 6) is 0.889. The fourth-order valence-corrected chi connectivity index (χ4v) is 1.89. The maximum absolute atomic E-state index is 3.39. The van der Waals surface area contributed by atoms with Crippen LogP contribution in [0.3, 0.4) is 0 Å². The Labute approximate surface area is 82.0 Å². The van der Waals surface area contributed by atoms with E-state index in [1.54, 1.807) is 0 Å². The first kappa shape index (κ1) is 10.6. The zero-order valence-corrected chi connectivity index (χ0v) is 9.14. The molecule has 0 saturated carbocycles. The van der Waals surface area contributed by atoms with Crippen molar-refractivity contribution < 1.29 is 0 Å². The molecule has 2 heteroatoms. The molecule has 1 rings (SSSR count). The summed E-state index contributed by atoms with van der Waals surface area (Å²) < 4.78 is 0. The number of hydrogen-bond donors (Lipinski definition) is 1. The minimum Gasteiger partial charge on any atom is -0.388 e. The molecule has 76 valence electrons. The van der Waals surface area contributed by atoms with Crippen molar-refractivity contribution in [3.63, 3.8) is 0 Å². The van der Waals surface area contributed by atoms with Crippen molar-refractivity contribution in [3.8, 4) is 0 Å². The molecule has 13 heavy (non-hydrogen) atoms. The number of rotatable bonds is 4. The Hall–Kier alpha value is -0.500. The maximum atomic E-state index is 3.39. The van der Waals surface area contributed by atoms with Crippen LogP contribution in [-0.2, 0) is 0 Å². The summed E-state index contributed by atoms with van der Waals surface area (Å²) in [6.45, 7) is 11.3. The van der Waals surface area contributed by atoms with E-state index in [1.807, 2.05) is 0 Å². The van der Waals surface area contributed by atoms with Crippen LogP contribution in [0.2, 0.25) is 0 Å². The molecule has 1 saturated heterocycles. The van der Waals surface area contributed by atoms with Gasteiger partial charge < -0.3 is 5.32 Å². The number of likely N-dealkylation sites (N-methyl/N-ethyl adjacent to an activating group) is 1. The quantitative estimate of drug-likeness (QED) is 0.713. The maximum Gasteiger partial charge on any atom is 0.0378 e. The molecular weight excluding hydrogens is 160 g/mol. The molecule has 1 atom stereocenters. The summed E-state index contributed by atoms with van der Waals surface area (Å²) in [6, 6.07) is 0. The second-order valence-electron chi connectivity index (χ2n) is 3.97. The van der Waals surface area contributed by atoms with Crippen LogP contribution in [0, 0.1) is 5.92 Å². The van der Waals surface area contributed by atoms with Crippen LogP contribution < -0.4 is 5.32 Å². The van der Waals surface area contributed by atoms with E-state index in [0.717, 1.165) is 19.0 Å². The normalized spacial score (nSPS) is 25.2. The summed E-state index contributed by atoms with van der Waals surface area (Å²) in [6.07, 6.45) is 3.55. The van der Waals surface area contributed by atoms with Gasteiger partial charge in [0.25, 0.3) is 0 Å². The van der Waals surface area contributed by atoms with E-state index in [1.165, 1.54) is 25.2 Å². The van der Waals surface area contributed by atoms with Crippen LogP contribution in [0.5, 0.6) is 0 Å². The molecule has 0 aromatic rings. The van der Waals surface area contributed by atoms with E-state index in [2.05, 4.69) is 37.1 Å². The summed E-state index contributed by atoms with van der Waals surface area (Å²) >= 11 is 0. The second-order valence-corrected chi connectivity index (χ2v) is 3.97. The molecule has 0 amide bonds. The third kappa shape index (κ3) is 3.39. The smallest absolute Gasteiger partial charge is 0.0378 e. The Bertz CT molecular complexity index is 175. The van der Waals surface area contributed by atoms with Crippen LogP contribution in [0.15, 0.2) is 11.8 Å². The third-order valence-corrected chi connectivity index (χ3v) is 2.65. The molecule has 0 spiro atoms. The van der Waals surface area contributed by atoms with Gasteiger partial charge in [0, 0.05) is 25.3 Å². The minimum absolute atomic E-state index is 0.889. The molecule has 2 nitrogen and oxygen atoms in total. The van der Waals surface area contributed by atoms with Gasteiger partial charge in [-0.2, -0.15) is 0 Å². The van der Waals surface area contributed by atoms with Crippen molar-refractivity contribution in [2.45, 2.75) is 27.2 Å². The third-order valence-electron chi connectivity index (χ3n) is 2.65. The highest BCUT2D eigenvalue weighted by Crippen LogP contribution is 2.15. The van der Waals surface area contributed by atoms with Crippen LogP contribution in [0.4, 0.5) is 0 Å². The highest BCUT2D eigenvalue weighted by molar-refractivity contribution is 5.01. The zero-order valence-electron chi connectivity index (χ0n) is 9.14. The summed E-state index contributed by atoms with van der Waals surface area (Å²) in [5.41, 5.74) is 1.37. The Morgan fingerprint density at radius 1 is 1.62 bits per heavy atom. The van der Waals surface area contributed by atoms with Gasteiger partial charge in [-0.1, -0.05) is 13.0 Å². The number of hydrogen-bond acceptors (Lipinski definition) is 2. The van der Waals surface area contributed by atoms with Crippen molar-refractivity contribution in [2.24, 2.45) is 5.92 Å². The van der Waals surface area contributed by atoms with Crippen LogP contribution >= 0.6 is 0 Å². The molecule has 0 aromatic heterocycles. The Balaban J connectivity index is 2.30. The van der Waals surface area contributed by atoms with Crippen molar-refractivity contribution >= 4 is 0 Å². The summed E-state index contributed by atoms with van der Waals surface area (Å²) in [4.78, 5) is 2.53. The van der Waals surface area contributed by atoms with Gasteiger partial charge in [0.15, 0.2) is 0 Å². The largest absolute Gasteiger partial charge is 0.388 e. The fraction of sp³-hybridized carbons (Fsp3) is 0.818. The van der Waals surface area contributed by atoms with E-state index >= 15 is 0 Å². The lowest BCUT2D eigenvalue weighted by atomic mass is 10.2. The zero-order chi connectivity index (χ0) is 9.68. The lowest BCUT2D eigenvalue weighted by Crippen LogP contribution is -2.28. The molecule has 1 heterocycles. The van der Waals surface area contributed by atoms with Gasteiger partial charge in [0.05, 0.1) is 0 Å². The van der Waals surface area contributed by atoms with Crippen molar-refractivity contribution in [3.05, 3.63) is 11.8 Å². The molecule has 0 radical (unpaired) electrons. The first-order valence-corrected chi connectivity index (χ1v) is 5.37. The predicted octanol–water partition coefficient (Wildman–Crippen LogP) is 1.84. The summed E-state index contributed by atoms with van der Waals surface area (Å²) in [5, 5.41) is 3.39. The topological polar surface area (TPSA) is 15.3 Å². The first-order chi connectivity index (χ1) is 6.26. The van der Waals surface area contributed by atoms with Crippen LogP contribution in [0.25, 0.3) is 0 Å². The van der Waals surface area contributed by atoms with Crippen LogP contribution in [-0.4, -0.2) is 31.1 Å². The van der Waals surface area contributed by atoms with Gasteiger partial charge in [-0.25, -0.2) is 0 Å². The molecule has 0 aliphatic carbocycles. The van der Waals surface area contributed by atoms with E-state index in [0.29, 0.717) is 0 Å². The standard InChI is InChI=1S/C11H22N2/c1-4-11(12-5-2)9-13-7-6-10(3)8-13/h4,10,12H,5-9H2,1-3H3/b11-4-. The molecule has 1 aliphatic rings. The molecule has 1 aliphatic heterocycles. The average Bonchev–Trinajstić information content (AvgIpc) is 2.50. The lowest BCUT2D eigenvalue weighted by Gasteiger charge is -2.18. The fourth-order valence-electron chi connectivity index (χ4n) is 1.89. The van der Waals surface area contributed by atoms with Crippen molar-refractivity contribution in [2.75, 3.05) is 26.2 Å². The first-order valence-electron chi connectivity index (χ1n) is 5.37. The van der Waals surface area contributed by atoms with Gasteiger partial charge in [0.2, 0.25) is 0 Å². The van der Waals surface area contributed by atoms with Crippen LogP contribution in [0.1, 0.15) is 27.2 Å². The van der Waals surface area contributed by atoms with Gasteiger partial charge in [-0.3, -0.25) is 4.90 Å². The monoisotopic (exact) mass is 182 g/mol. The highest BCUT2D eigenvalue weighted by Gasteiger charge is 2.18. The Morgan fingerprint density at radius 2 is 2.38 bits per heavy atom. The second kappa shape index (κ2) is 5.28. The minimum atomic E-state index is 0.889. The number of likely N-dealkylation sites (tertiary alicyclic amines) is 1. The number of nitrogens with one attached hydrogen (secondary N) is 1. The van der Waals surface area contributed by atoms with Gasteiger partial charge in [-0.05, 0) is 32.7 Å². The molecule has 1 fully saturated rings. The molecule has 0 aromatic carbocycles. The molecule has 1 N–H and O–H groups in total. The number of allylic oxidation sites excluding steroid dienone is 1. The molecular formula is C11H22N2. The Kier molecular flexibility index (Phi) is 4.29. The van der Waals surface area contributed by atoms with E-state index in [-0.39, 0.29) is 0 Å². The van der Waals surface area contributed by atoms with Gasteiger partial charge >= 0.3 is 0 Å². The summed E-state index contributed by atoms with van der Waals surface area (Å²) in [7, 11) is 0. The van der Waals surface area contributed by atoms with Gasteiger partial charge in [0.1, 0.15) is 0 Å². The van der Waals surface area contributed by atoms with E-state index in [4.69, 9.17) is 0 Å². The average molecular weight is 182 g/mol. The molecule has 1 unspecified atom stereocenters. The molecule has 0 bridgehead atoms.